The Labute approximate surface area is 94.3 Å². The van der Waals surface area contributed by atoms with Crippen LogP contribution in [0.3, 0.4) is 0 Å². The van der Waals surface area contributed by atoms with Gasteiger partial charge in [-0.3, -0.25) is 9.59 Å². The molecule has 0 aromatic heterocycles. The number of carbonyl (C=O) groups excluding carboxylic acids is 2. The fourth-order valence-corrected chi connectivity index (χ4v) is 1.66. The topological polar surface area (TPSA) is 72.6 Å². The van der Waals surface area contributed by atoms with Gasteiger partial charge in [-0.05, 0) is 6.92 Å². The minimum absolute atomic E-state index is 0.0102. The van der Waals surface area contributed by atoms with Crippen LogP contribution in [0.25, 0.3) is 0 Å². The molecule has 0 fully saturated rings. The van der Waals surface area contributed by atoms with E-state index in [-0.39, 0.29) is 5.91 Å². The van der Waals surface area contributed by atoms with Crippen LogP contribution in [0.1, 0.15) is 6.92 Å². The number of rotatable bonds is 6. The lowest BCUT2D eigenvalue weighted by Gasteiger charge is -2.12. The molecule has 6 heteroatoms. The largest absolute Gasteiger partial charge is 0.465 e. The molecule has 0 aliphatic carbocycles. The second-order valence-electron chi connectivity index (χ2n) is 3.16. The summed E-state index contributed by atoms with van der Waals surface area (Å²) >= 11 is 1.33. The fourth-order valence-electron chi connectivity index (χ4n) is 0.720. The quantitative estimate of drug-likeness (QED) is 0.639. The molecule has 0 saturated heterocycles. The van der Waals surface area contributed by atoms with Crippen molar-refractivity contribution in [2.75, 3.05) is 32.2 Å². The van der Waals surface area contributed by atoms with E-state index in [0.717, 1.165) is 0 Å². The number of esters is 1. The van der Waals surface area contributed by atoms with Crippen LogP contribution in [-0.2, 0) is 14.3 Å². The van der Waals surface area contributed by atoms with Crippen LogP contribution >= 0.6 is 11.8 Å². The summed E-state index contributed by atoms with van der Waals surface area (Å²) in [6.07, 6.45) is 0. The molecule has 0 aliphatic rings. The minimum atomic E-state index is -0.648. The van der Waals surface area contributed by atoms with E-state index in [1.807, 2.05) is 0 Å². The van der Waals surface area contributed by atoms with Crippen LogP contribution in [0, 0.1) is 0 Å². The van der Waals surface area contributed by atoms with Crippen LogP contribution in [0.5, 0.6) is 0 Å². The maximum atomic E-state index is 11.2. The first-order valence-electron chi connectivity index (χ1n) is 4.69. The highest BCUT2D eigenvalue weighted by atomic mass is 32.2. The molecule has 88 valence electrons. The monoisotopic (exact) mass is 234 g/mol. The lowest BCUT2D eigenvalue weighted by molar-refractivity contribution is -0.144. The van der Waals surface area contributed by atoms with Gasteiger partial charge in [0.2, 0.25) is 5.91 Å². The molecule has 1 amide bonds. The molecule has 0 rings (SSSR count). The van der Waals surface area contributed by atoms with Gasteiger partial charge < -0.3 is 15.4 Å². The Morgan fingerprint density at radius 2 is 2.07 bits per heavy atom. The Bertz CT molecular complexity index is 221. The van der Waals surface area contributed by atoms with Gasteiger partial charge in [0.05, 0.1) is 12.4 Å². The van der Waals surface area contributed by atoms with Crippen molar-refractivity contribution in [2.45, 2.75) is 13.0 Å². The van der Waals surface area contributed by atoms with E-state index in [0.29, 0.717) is 18.1 Å². The number of hydrogen-bond donors (Lipinski definition) is 1. The number of carbonyl (C=O) groups is 2. The van der Waals surface area contributed by atoms with Crippen molar-refractivity contribution < 1.29 is 14.3 Å². The predicted octanol–water partition coefficient (Wildman–Crippen LogP) is -0.302. The van der Waals surface area contributed by atoms with Gasteiger partial charge in [-0.25, -0.2) is 0 Å². The van der Waals surface area contributed by atoms with Gasteiger partial charge in [-0.1, -0.05) is 0 Å². The SMILES string of the molecule is CCOC(=O)C(N)CSCC(=O)N(C)C. The van der Waals surface area contributed by atoms with Crippen molar-refractivity contribution in [3.05, 3.63) is 0 Å². The Morgan fingerprint density at radius 3 is 2.53 bits per heavy atom. The standard InChI is InChI=1S/C9H18N2O3S/c1-4-14-9(13)7(10)5-15-6-8(12)11(2)3/h7H,4-6,10H2,1-3H3. The van der Waals surface area contributed by atoms with Gasteiger partial charge in [0.25, 0.3) is 0 Å². The Kier molecular flexibility index (Phi) is 7.15. The first-order valence-corrected chi connectivity index (χ1v) is 5.84. The molecule has 1 atom stereocenters. The van der Waals surface area contributed by atoms with Crippen molar-refractivity contribution >= 4 is 23.6 Å². The second kappa shape index (κ2) is 7.53. The molecule has 2 N–H and O–H groups in total. The van der Waals surface area contributed by atoms with Crippen molar-refractivity contribution in [3.8, 4) is 0 Å². The van der Waals surface area contributed by atoms with Gasteiger partial charge >= 0.3 is 5.97 Å². The molecular formula is C9H18N2O3S. The average Bonchev–Trinajstić information content (AvgIpc) is 2.17. The zero-order chi connectivity index (χ0) is 11.8. The van der Waals surface area contributed by atoms with Crippen molar-refractivity contribution in [3.63, 3.8) is 0 Å². The third kappa shape index (κ3) is 6.35. The highest BCUT2D eigenvalue weighted by Crippen LogP contribution is 2.03. The van der Waals surface area contributed by atoms with Gasteiger partial charge in [-0.15, -0.1) is 11.8 Å². The molecule has 0 radical (unpaired) electrons. The van der Waals surface area contributed by atoms with Crippen LogP contribution < -0.4 is 5.73 Å². The summed E-state index contributed by atoms with van der Waals surface area (Å²) in [6.45, 7) is 2.06. The Hall–Kier alpha value is -0.750. The Morgan fingerprint density at radius 1 is 1.47 bits per heavy atom. The van der Waals surface area contributed by atoms with Crippen LogP contribution in [0.2, 0.25) is 0 Å². The van der Waals surface area contributed by atoms with Crippen LogP contribution in [-0.4, -0.2) is 55.0 Å². The van der Waals surface area contributed by atoms with E-state index in [4.69, 9.17) is 10.5 Å². The van der Waals surface area contributed by atoms with E-state index in [1.165, 1.54) is 16.7 Å². The first kappa shape index (κ1) is 14.2. The number of thioether (sulfide) groups is 1. The van der Waals surface area contributed by atoms with Gasteiger partial charge in [0.1, 0.15) is 6.04 Å². The number of ether oxygens (including phenoxy) is 1. The van der Waals surface area contributed by atoms with Gasteiger partial charge in [0, 0.05) is 19.8 Å². The number of nitrogens with zero attached hydrogens (tertiary/aromatic N) is 1. The molecule has 0 saturated carbocycles. The summed E-state index contributed by atoms with van der Waals surface area (Å²) < 4.78 is 4.74. The highest BCUT2D eigenvalue weighted by Gasteiger charge is 2.15. The molecule has 0 aromatic carbocycles. The maximum Gasteiger partial charge on any atom is 0.323 e. The van der Waals surface area contributed by atoms with Gasteiger partial charge in [-0.2, -0.15) is 0 Å². The summed E-state index contributed by atoms with van der Waals surface area (Å²) in [5.74, 6) is 0.330. The molecule has 0 spiro atoms. The average molecular weight is 234 g/mol. The molecule has 0 aromatic rings. The third-order valence-electron chi connectivity index (χ3n) is 1.61. The maximum absolute atomic E-state index is 11.2. The first-order chi connectivity index (χ1) is 6.99. The van der Waals surface area contributed by atoms with E-state index in [9.17, 15) is 9.59 Å². The second-order valence-corrected chi connectivity index (χ2v) is 4.19. The molecule has 15 heavy (non-hydrogen) atoms. The molecular weight excluding hydrogens is 216 g/mol. The highest BCUT2D eigenvalue weighted by molar-refractivity contribution is 8.00. The van der Waals surface area contributed by atoms with E-state index >= 15 is 0 Å². The lowest BCUT2D eigenvalue weighted by Crippen LogP contribution is -2.35. The molecule has 0 aliphatic heterocycles. The van der Waals surface area contributed by atoms with E-state index in [2.05, 4.69) is 0 Å². The smallest absolute Gasteiger partial charge is 0.323 e. The zero-order valence-corrected chi connectivity index (χ0v) is 10.2. The van der Waals surface area contributed by atoms with Crippen LogP contribution in [0.4, 0.5) is 0 Å². The fraction of sp³-hybridized carbons (Fsp3) is 0.778. The number of nitrogens with two attached hydrogens (primary N) is 1. The van der Waals surface area contributed by atoms with E-state index < -0.39 is 12.0 Å². The summed E-state index contributed by atoms with van der Waals surface area (Å²) in [6, 6.07) is -0.648. The van der Waals surface area contributed by atoms with Crippen molar-refractivity contribution in [1.29, 1.82) is 0 Å². The van der Waals surface area contributed by atoms with Crippen molar-refractivity contribution in [2.24, 2.45) is 5.73 Å². The molecule has 0 heterocycles. The predicted molar refractivity (Wildman–Crippen MR) is 60.6 cm³/mol. The normalized spacial score (nSPS) is 12.0. The molecule has 1 unspecified atom stereocenters. The minimum Gasteiger partial charge on any atom is -0.465 e. The number of hydrogen-bond acceptors (Lipinski definition) is 5. The van der Waals surface area contributed by atoms with Gasteiger partial charge in [0.15, 0.2) is 0 Å². The molecule has 0 bridgehead atoms. The summed E-state index contributed by atoms with van der Waals surface area (Å²) in [5.41, 5.74) is 5.55. The summed E-state index contributed by atoms with van der Waals surface area (Å²) in [5, 5.41) is 0. The molecule has 5 nitrogen and oxygen atoms in total. The zero-order valence-electron chi connectivity index (χ0n) is 9.36. The summed E-state index contributed by atoms with van der Waals surface area (Å²) in [7, 11) is 3.38. The van der Waals surface area contributed by atoms with E-state index in [1.54, 1.807) is 21.0 Å². The number of amides is 1. The van der Waals surface area contributed by atoms with Crippen LogP contribution in [0.15, 0.2) is 0 Å². The Balaban J connectivity index is 3.67. The lowest BCUT2D eigenvalue weighted by atomic mass is 10.4. The third-order valence-corrected chi connectivity index (χ3v) is 2.66. The summed E-state index contributed by atoms with van der Waals surface area (Å²) in [4.78, 5) is 23.8. The van der Waals surface area contributed by atoms with Crippen molar-refractivity contribution in [1.82, 2.24) is 4.90 Å².